The number of aliphatic hydroxyl groups excluding tert-OH is 4. The van der Waals surface area contributed by atoms with Crippen LogP contribution in [0.2, 0.25) is 0 Å². The van der Waals surface area contributed by atoms with Crippen LogP contribution in [-0.4, -0.2) is 155 Å². The molecule has 0 aromatic heterocycles. The van der Waals surface area contributed by atoms with Gasteiger partial charge < -0.3 is 35.0 Å². The first-order valence-corrected chi connectivity index (χ1v) is 18.3. The van der Waals surface area contributed by atoms with Crippen molar-refractivity contribution in [3.63, 3.8) is 0 Å². The molecule has 56 heavy (non-hydrogen) atoms. The summed E-state index contributed by atoms with van der Waals surface area (Å²) in [6.07, 6.45) is -0.111. The zero-order valence-corrected chi connectivity index (χ0v) is 32.5. The fourth-order valence-corrected chi connectivity index (χ4v) is 6.41. The van der Waals surface area contributed by atoms with Crippen LogP contribution >= 0.6 is 0 Å². The van der Waals surface area contributed by atoms with Crippen molar-refractivity contribution in [2.45, 2.75) is 97.1 Å². The molecular weight excluding hydrogens is 728 g/mol. The van der Waals surface area contributed by atoms with Crippen LogP contribution in [0.1, 0.15) is 111 Å². The van der Waals surface area contributed by atoms with E-state index in [0.717, 1.165) is 9.80 Å². The number of hydrogen-bond acceptors (Lipinski definition) is 12. The summed E-state index contributed by atoms with van der Waals surface area (Å²) in [6.45, 7) is 5.24. The van der Waals surface area contributed by atoms with Gasteiger partial charge in [-0.1, -0.05) is 45.0 Å². The molecule has 5 atom stereocenters. The van der Waals surface area contributed by atoms with Gasteiger partial charge in [-0.05, 0) is 57.3 Å². The van der Waals surface area contributed by atoms with E-state index in [2.05, 4.69) is 10.2 Å². The topological polar surface area (TPSA) is 223 Å². The number of hydrogen-bond donors (Lipinski definition) is 4. The highest BCUT2D eigenvalue weighted by molar-refractivity contribution is 6.23. The Bertz CT molecular complexity index is 1720. The van der Waals surface area contributed by atoms with Gasteiger partial charge in [0.15, 0.2) is 0 Å². The molecule has 2 aromatic rings. The van der Waals surface area contributed by atoms with Crippen molar-refractivity contribution in [1.82, 2.24) is 19.6 Å². The largest absolute Gasteiger partial charge is 0.460 e. The molecule has 0 spiro atoms. The average Bonchev–Trinajstić information content (AvgIpc) is 3.98. The summed E-state index contributed by atoms with van der Waals surface area (Å²) in [5.41, 5.74) is 1.15. The second-order valence-electron chi connectivity index (χ2n) is 12.7. The van der Waals surface area contributed by atoms with E-state index in [1.165, 1.54) is 24.0 Å². The molecule has 4 N–H and O–H groups in total. The van der Waals surface area contributed by atoms with Gasteiger partial charge >= 0.3 is 5.97 Å². The molecule has 16 heteroatoms. The van der Waals surface area contributed by atoms with Gasteiger partial charge in [-0.2, -0.15) is 0 Å². The lowest BCUT2D eigenvalue weighted by molar-refractivity contribution is -0.149. The third kappa shape index (κ3) is 11.3. The van der Waals surface area contributed by atoms with Crippen molar-refractivity contribution in [2.24, 2.45) is 0 Å². The minimum Gasteiger partial charge on any atom is -0.460 e. The van der Waals surface area contributed by atoms with Crippen LogP contribution in [0.5, 0.6) is 0 Å². The number of ether oxygens (including phenoxy) is 1. The quantitative estimate of drug-likeness (QED) is 0.211. The second-order valence-corrected chi connectivity index (χ2v) is 12.7. The van der Waals surface area contributed by atoms with Crippen molar-refractivity contribution in [3.8, 4) is 0 Å². The maximum atomic E-state index is 12.8. The Hall–Kier alpha value is -5.03. The number of amides is 6. The molecule has 0 radical (unpaired) electrons. The minimum atomic E-state index is -0.651. The van der Waals surface area contributed by atoms with Crippen molar-refractivity contribution >= 4 is 41.4 Å². The number of aliphatic hydroxyl groups is 4. The Morgan fingerprint density at radius 1 is 0.786 bits per heavy atom. The standard InChI is InChI=1S/C21H26N2O6.C15H16N2O4.C2H6.2CH4O/c1-3-14(24)8-9-19(26)29-15-10-13(2)22(11-15)18(25)12-23-20(27)16-6-4-5-7-17(16)21(23)28;1-9-6-10(18)7-16(9)13(19)8-17-14(20)11-4-2-3-5-12(11)15(17)21;3*1-2/h4-7,13-15,24H,3,8-12H2,1-2H3;2-5,9-10,18H,6-8H2,1H3;1-2H3;2*2H,1H3/t13-,14?,15-;9-,10-;;;/m11.../s1/i2D;1D;;2*2T. The average molecular weight is 791 g/mol. The summed E-state index contributed by atoms with van der Waals surface area (Å²) in [6, 6.07) is 12.1. The molecular formula is C40H56N4O12. The number of nitrogens with zero attached hydrogens (tertiary/aromatic N) is 4. The number of benzene rings is 2. The first-order valence-electron chi connectivity index (χ1n) is 20.6. The zero-order valence-electron chi connectivity index (χ0n) is 36.5. The predicted molar refractivity (Wildman–Crippen MR) is 204 cm³/mol. The van der Waals surface area contributed by atoms with Crippen molar-refractivity contribution in [3.05, 3.63) is 70.8 Å². The van der Waals surface area contributed by atoms with Crippen molar-refractivity contribution < 1.29 is 61.5 Å². The van der Waals surface area contributed by atoms with Crippen LogP contribution < -0.4 is 0 Å². The van der Waals surface area contributed by atoms with Crippen LogP contribution in [0.25, 0.3) is 0 Å². The van der Waals surface area contributed by atoms with Crippen molar-refractivity contribution in [2.75, 3.05) is 40.4 Å². The van der Waals surface area contributed by atoms with Crippen LogP contribution in [-0.2, 0) is 19.1 Å². The van der Waals surface area contributed by atoms with Gasteiger partial charge in [-0.3, -0.25) is 43.4 Å². The number of rotatable bonds is 9. The fourth-order valence-electron chi connectivity index (χ4n) is 6.41. The SMILES string of the molecule is CC.[2H]C[C@@H]1C[C@@H](O)CN1C(=O)CN1C(=O)c2ccccc2C1=O.[2H]C[C@@H]1C[C@@H](OC(=O)CCC(O)CC)CN1C(=O)CN1C(=O)c2ccccc2C1=O.[3H]OC.[3H]OC. The normalized spacial score (nSPS) is 21.9. The lowest BCUT2D eigenvalue weighted by atomic mass is 10.1. The van der Waals surface area contributed by atoms with Gasteiger partial charge in [-0.15, -0.1) is 0 Å². The highest BCUT2D eigenvalue weighted by Gasteiger charge is 2.41. The first kappa shape index (κ1) is 40.6. The van der Waals surface area contributed by atoms with Crippen molar-refractivity contribution in [1.29, 1.82) is 2.86 Å². The smallest absolute Gasteiger partial charge is 0.306 e. The molecule has 4 heterocycles. The van der Waals surface area contributed by atoms with Crippen LogP contribution in [0, 0.1) is 0 Å². The molecule has 2 aromatic carbocycles. The number of β-amino-alcohol motifs (C(OH)–C–C–N with tert-alkyl or cyclic N) is 1. The maximum absolute atomic E-state index is 12.8. The monoisotopic (exact) mass is 790 g/mol. The van der Waals surface area contributed by atoms with E-state index in [1.54, 1.807) is 48.5 Å². The highest BCUT2D eigenvalue weighted by atomic mass is 16.5. The molecule has 0 aliphatic carbocycles. The molecule has 2 fully saturated rings. The molecule has 308 valence electrons. The second kappa shape index (κ2) is 22.5. The Balaban J connectivity index is 0.000000363. The van der Waals surface area contributed by atoms with E-state index < -0.39 is 72.3 Å². The van der Waals surface area contributed by atoms with E-state index in [1.807, 2.05) is 20.8 Å². The van der Waals surface area contributed by atoms with Gasteiger partial charge in [0, 0.05) is 48.4 Å². The van der Waals surface area contributed by atoms with Gasteiger partial charge in [0.05, 0.1) is 41.0 Å². The lowest BCUT2D eigenvalue weighted by Gasteiger charge is -2.23. The molecule has 4 aliphatic heterocycles. The van der Waals surface area contributed by atoms with E-state index in [4.69, 9.17) is 10.3 Å². The summed E-state index contributed by atoms with van der Waals surface area (Å²) < 4.78 is 32.0. The molecule has 16 nitrogen and oxygen atoms in total. The molecule has 6 amide bonds. The third-order valence-corrected chi connectivity index (χ3v) is 9.20. The summed E-state index contributed by atoms with van der Waals surface area (Å²) in [5.74, 6) is -3.30. The maximum Gasteiger partial charge on any atom is 0.306 e. The molecule has 0 saturated carbocycles. The number of carbonyl (C=O) groups is 7. The van der Waals surface area contributed by atoms with Crippen LogP contribution in [0.15, 0.2) is 48.5 Å². The third-order valence-electron chi connectivity index (χ3n) is 9.20. The van der Waals surface area contributed by atoms with E-state index in [0.29, 0.717) is 36.8 Å². The predicted octanol–water partition coefficient (Wildman–Crippen LogP) is 1.87. The summed E-state index contributed by atoms with van der Waals surface area (Å²) in [5, 5.41) is 26.2. The summed E-state index contributed by atoms with van der Waals surface area (Å²) >= 11 is 0. The lowest BCUT2D eigenvalue weighted by Crippen LogP contribution is -2.44. The summed E-state index contributed by atoms with van der Waals surface area (Å²) in [4.78, 5) is 91.2. The Labute approximate surface area is 333 Å². The number of esters is 1. The molecule has 4 aliphatic rings. The van der Waals surface area contributed by atoms with E-state index in [9.17, 15) is 43.8 Å². The minimum absolute atomic E-state index is 0.00901. The molecule has 0 bridgehead atoms. The fraction of sp³-hybridized carbons (Fsp3) is 0.525. The Kier molecular flexibility index (Phi) is 16.3. The van der Waals surface area contributed by atoms with E-state index in [-0.39, 0.29) is 57.0 Å². The first-order chi connectivity index (χ1) is 28.7. The van der Waals surface area contributed by atoms with Crippen LogP contribution in [0.3, 0.4) is 0 Å². The Morgan fingerprint density at radius 2 is 1.18 bits per heavy atom. The molecule has 1 unspecified atom stereocenters. The summed E-state index contributed by atoms with van der Waals surface area (Å²) in [7, 11) is 2.58. The molecule has 2 saturated heterocycles. The highest BCUT2D eigenvalue weighted by Crippen LogP contribution is 2.26. The number of carbonyl (C=O) groups excluding carboxylic acids is 7. The number of imide groups is 2. The Morgan fingerprint density at radius 3 is 1.57 bits per heavy atom. The van der Waals surface area contributed by atoms with Gasteiger partial charge in [0.2, 0.25) is 14.7 Å². The van der Waals surface area contributed by atoms with E-state index >= 15 is 0 Å². The zero-order chi connectivity index (χ0) is 45.1. The van der Waals surface area contributed by atoms with Gasteiger partial charge in [-0.25, -0.2) is 0 Å². The van der Waals surface area contributed by atoms with Gasteiger partial charge in [0.1, 0.15) is 19.2 Å². The number of likely N-dealkylation sites (tertiary alicyclic amines) is 2. The number of fused-ring (bicyclic) bond motifs is 2. The molecule has 6 rings (SSSR count). The van der Waals surface area contributed by atoms with Crippen LogP contribution in [0.4, 0.5) is 0 Å². The van der Waals surface area contributed by atoms with Gasteiger partial charge in [0.25, 0.3) is 23.6 Å².